The van der Waals surface area contributed by atoms with E-state index in [9.17, 15) is 0 Å². The van der Waals surface area contributed by atoms with Crippen LogP contribution < -0.4 is 14.4 Å². The molecule has 6 nitrogen and oxygen atoms in total. The highest BCUT2D eigenvalue weighted by Crippen LogP contribution is 2.27. The number of halogens is 1. The lowest BCUT2D eigenvalue weighted by atomic mass is 10.2. The smallest absolute Gasteiger partial charge is 0.161 e. The van der Waals surface area contributed by atoms with Gasteiger partial charge in [0, 0.05) is 43.1 Å². The van der Waals surface area contributed by atoms with E-state index in [4.69, 9.17) is 21.1 Å². The molecule has 142 valence electrons. The molecule has 27 heavy (non-hydrogen) atoms. The Labute approximate surface area is 163 Å². The SMILES string of the molecule is COc1ccccc1OCCN1CCN(c2n[nH]c3cc(Cl)ccc23)CC1. The second-order valence-electron chi connectivity index (χ2n) is 6.57. The van der Waals surface area contributed by atoms with E-state index < -0.39 is 0 Å². The molecule has 0 radical (unpaired) electrons. The second kappa shape index (κ2) is 8.06. The lowest BCUT2D eigenvalue weighted by Gasteiger charge is -2.34. The highest BCUT2D eigenvalue weighted by atomic mass is 35.5. The van der Waals surface area contributed by atoms with Crippen LogP contribution >= 0.6 is 11.6 Å². The van der Waals surface area contributed by atoms with Gasteiger partial charge in [0.05, 0.1) is 12.6 Å². The molecule has 0 atom stereocenters. The molecule has 0 saturated carbocycles. The fraction of sp³-hybridized carbons (Fsp3) is 0.350. The summed E-state index contributed by atoms with van der Waals surface area (Å²) in [6, 6.07) is 13.6. The molecule has 0 spiro atoms. The third-order valence-electron chi connectivity index (χ3n) is 4.91. The number of ether oxygens (including phenoxy) is 2. The van der Waals surface area contributed by atoms with Gasteiger partial charge in [-0.25, -0.2) is 0 Å². The van der Waals surface area contributed by atoms with Crippen molar-refractivity contribution in [2.24, 2.45) is 0 Å². The summed E-state index contributed by atoms with van der Waals surface area (Å²) in [5, 5.41) is 9.41. The first-order valence-electron chi connectivity index (χ1n) is 9.11. The normalized spacial score (nSPS) is 15.3. The summed E-state index contributed by atoms with van der Waals surface area (Å²) < 4.78 is 11.2. The van der Waals surface area contributed by atoms with Gasteiger partial charge in [0.1, 0.15) is 6.61 Å². The van der Waals surface area contributed by atoms with Crippen LogP contribution in [0, 0.1) is 0 Å². The summed E-state index contributed by atoms with van der Waals surface area (Å²) in [7, 11) is 1.66. The molecule has 0 bridgehead atoms. The van der Waals surface area contributed by atoms with Gasteiger partial charge in [0.2, 0.25) is 0 Å². The largest absolute Gasteiger partial charge is 0.493 e. The topological polar surface area (TPSA) is 53.6 Å². The summed E-state index contributed by atoms with van der Waals surface area (Å²) >= 11 is 6.06. The summed E-state index contributed by atoms with van der Waals surface area (Å²) in [6.07, 6.45) is 0. The maximum atomic E-state index is 6.06. The van der Waals surface area contributed by atoms with Crippen molar-refractivity contribution in [3.63, 3.8) is 0 Å². The zero-order valence-corrected chi connectivity index (χ0v) is 16.1. The van der Waals surface area contributed by atoms with E-state index in [0.29, 0.717) is 6.61 Å². The number of piperazine rings is 1. The van der Waals surface area contributed by atoms with Crippen molar-refractivity contribution < 1.29 is 9.47 Å². The Bertz CT molecular complexity index is 906. The van der Waals surface area contributed by atoms with E-state index in [-0.39, 0.29) is 0 Å². The number of hydrogen-bond acceptors (Lipinski definition) is 5. The van der Waals surface area contributed by atoms with E-state index in [0.717, 1.165) is 66.0 Å². The van der Waals surface area contributed by atoms with E-state index in [2.05, 4.69) is 20.0 Å². The van der Waals surface area contributed by atoms with Gasteiger partial charge in [-0.3, -0.25) is 10.00 Å². The molecule has 1 aliphatic rings. The number of H-pyrrole nitrogens is 1. The van der Waals surface area contributed by atoms with Crippen molar-refractivity contribution in [2.75, 3.05) is 51.3 Å². The molecule has 0 amide bonds. The molecule has 2 heterocycles. The zero-order valence-electron chi connectivity index (χ0n) is 15.3. The van der Waals surface area contributed by atoms with Crippen LogP contribution in [0.4, 0.5) is 5.82 Å². The van der Waals surface area contributed by atoms with Gasteiger partial charge in [-0.1, -0.05) is 23.7 Å². The average Bonchev–Trinajstić information content (AvgIpc) is 3.12. The predicted molar refractivity (Wildman–Crippen MR) is 108 cm³/mol. The first-order chi connectivity index (χ1) is 13.2. The van der Waals surface area contributed by atoms with E-state index >= 15 is 0 Å². The summed E-state index contributed by atoms with van der Waals surface area (Å²) in [6.45, 7) is 5.38. The first-order valence-corrected chi connectivity index (χ1v) is 9.49. The van der Waals surface area contributed by atoms with Crippen molar-refractivity contribution in [3.8, 4) is 11.5 Å². The molecule has 3 aromatic rings. The minimum Gasteiger partial charge on any atom is -0.493 e. The number of para-hydroxylation sites is 2. The van der Waals surface area contributed by atoms with Crippen LogP contribution in [-0.2, 0) is 0 Å². The lowest BCUT2D eigenvalue weighted by molar-refractivity contribution is 0.196. The number of fused-ring (bicyclic) bond motifs is 1. The van der Waals surface area contributed by atoms with Crippen LogP contribution in [0.25, 0.3) is 10.9 Å². The highest BCUT2D eigenvalue weighted by Gasteiger charge is 2.20. The summed E-state index contributed by atoms with van der Waals surface area (Å²) in [5.41, 5.74) is 0.977. The molecular weight excluding hydrogens is 364 g/mol. The highest BCUT2D eigenvalue weighted by molar-refractivity contribution is 6.31. The molecular formula is C20H23ClN4O2. The Morgan fingerprint density at radius 1 is 1.07 bits per heavy atom. The third kappa shape index (κ3) is 3.96. The molecule has 0 aliphatic carbocycles. The standard InChI is InChI=1S/C20H23ClN4O2/c1-26-18-4-2-3-5-19(18)27-13-12-24-8-10-25(11-9-24)20-16-7-6-15(21)14-17(16)22-23-20/h2-7,14H,8-13H2,1H3,(H,22,23). The van der Waals surface area contributed by atoms with Crippen molar-refractivity contribution in [2.45, 2.75) is 0 Å². The Morgan fingerprint density at radius 3 is 2.63 bits per heavy atom. The molecule has 1 N–H and O–H groups in total. The van der Waals surface area contributed by atoms with Gasteiger partial charge in [0.25, 0.3) is 0 Å². The molecule has 1 saturated heterocycles. The maximum absolute atomic E-state index is 6.06. The number of nitrogens with zero attached hydrogens (tertiary/aromatic N) is 3. The van der Waals surface area contributed by atoms with E-state index in [1.807, 2.05) is 42.5 Å². The van der Waals surface area contributed by atoms with Gasteiger partial charge in [-0.15, -0.1) is 0 Å². The Hall–Kier alpha value is -2.44. The second-order valence-corrected chi connectivity index (χ2v) is 7.00. The lowest BCUT2D eigenvalue weighted by Crippen LogP contribution is -2.47. The number of hydrogen-bond donors (Lipinski definition) is 1. The predicted octanol–water partition coefficient (Wildman–Crippen LogP) is 3.43. The number of benzene rings is 2. The number of aromatic amines is 1. The average molecular weight is 387 g/mol. The van der Waals surface area contributed by atoms with Crippen molar-refractivity contribution >= 4 is 28.3 Å². The maximum Gasteiger partial charge on any atom is 0.161 e. The molecule has 1 aliphatic heterocycles. The van der Waals surface area contributed by atoms with Crippen LogP contribution in [0.3, 0.4) is 0 Å². The molecule has 0 unspecified atom stereocenters. The molecule has 2 aromatic carbocycles. The van der Waals surface area contributed by atoms with Crippen LogP contribution in [0.5, 0.6) is 11.5 Å². The van der Waals surface area contributed by atoms with Gasteiger partial charge >= 0.3 is 0 Å². The number of rotatable bonds is 6. The summed E-state index contributed by atoms with van der Waals surface area (Å²) in [4.78, 5) is 4.74. The minimum atomic E-state index is 0.643. The fourth-order valence-electron chi connectivity index (χ4n) is 3.42. The van der Waals surface area contributed by atoms with Crippen LogP contribution in [0.15, 0.2) is 42.5 Å². The number of methoxy groups -OCH3 is 1. The van der Waals surface area contributed by atoms with Crippen molar-refractivity contribution in [1.29, 1.82) is 0 Å². The van der Waals surface area contributed by atoms with Crippen LogP contribution in [0.1, 0.15) is 0 Å². The minimum absolute atomic E-state index is 0.643. The van der Waals surface area contributed by atoms with Gasteiger partial charge in [-0.2, -0.15) is 5.10 Å². The summed E-state index contributed by atoms with van der Waals surface area (Å²) in [5.74, 6) is 2.57. The van der Waals surface area contributed by atoms with E-state index in [1.165, 1.54) is 0 Å². The number of nitrogens with one attached hydrogen (secondary N) is 1. The molecule has 7 heteroatoms. The quantitative estimate of drug-likeness (QED) is 0.703. The third-order valence-corrected chi connectivity index (χ3v) is 5.15. The monoisotopic (exact) mass is 386 g/mol. The Balaban J connectivity index is 1.30. The zero-order chi connectivity index (χ0) is 18.6. The molecule has 1 fully saturated rings. The number of anilines is 1. The van der Waals surface area contributed by atoms with Crippen molar-refractivity contribution in [3.05, 3.63) is 47.5 Å². The van der Waals surface area contributed by atoms with Crippen molar-refractivity contribution in [1.82, 2.24) is 15.1 Å². The van der Waals surface area contributed by atoms with Gasteiger partial charge in [-0.05, 0) is 30.3 Å². The van der Waals surface area contributed by atoms with E-state index in [1.54, 1.807) is 7.11 Å². The van der Waals surface area contributed by atoms with Crippen LogP contribution in [0.2, 0.25) is 5.02 Å². The molecule has 4 rings (SSSR count). The van der Waals surface area contributed by atoms with Gasteiger partial charge in [0.15, 0.2) is 17.3 Å². The van der Waals surface area contributed by atoms with Crippen LogP contribution in [-0.4, -0.2) is 61.5 Å². The van der Waals surface area contributed by atoms with Gasteiger partial charge < -0.3 is 14.4 Å². The first kappa shape index (κ1) is 17.9. The Morgan fingerprint density at radius 2 is 1.85 bits per heavy atom. The molecule has 1 aromatic heterocycles. The fourth-order valence-corrected chi connectivity index (χ4v) is 3.60. The number of aromatic nitrogens is 2. The Kier molecular flexibility index (Phi) is 5.36.